The highest BCUT2D eigenvalue weighted by atomic mass is 16.2. The quantitative estimate of drug-likeness (QED) is 0.675. The van der Waals surface area contributed by atoms with Crippen molar-refractivity contribution >= 4 is 22.6 Å². The van der Waals surface area contributed by atoms with Crippen LogP contribution in [0.2, 0.25) is 0 Å². The normalized spacial score (nSPS) is 10.8. The number of H-pyrrole nitrogens is 2. The summed E-state index contributed by atoms with van der Waals surface area (Å²) < 4.78 is 0. The van der Waals surface area contributed by atoms with Crippen molar-refractivity contribution in [2.24, 2.45) is 0 Å². The van der Waals surface area contributed by atoms with Crippen LogP contribution in [0.25, 0.3) is 11.0 Å². The highest BCUT2D eigenvalue weighted by Gasteiger charge is 2.10. The summed E-state index contributed by atoms with van der Waals surface area (Å²) >= 11 is 0. The van der Waals surface area contributed by atoms with Crippen molar-refractivity contribution < 1.29 is 4.79 Å². The van der Waals surface area contributed by atoms with E-state index >= 15 is 0 Å². The summed E-state index contributed by atoms with van der Waals surface area (Å²) in [5.74, 6) is -0.168. The van der Waals surface area contributed by atoms with Gasteiger partial charge in [-0.15, -0.1) is 0 Å². The number of carbonyl (C=O) groups excluding carboxylic acids is 1. The van der Waals surface area contributed by atoms with E-state index in [2.05, 4.69) is 15.3 Å². The van der Waals surface area contributed by atoms with E-state index in [1.54, 1.807) is 12.1 Å². The lowest BCUT2D eigenvalue weighted by atomic mass is 10.1. The van der Waals surface area contributed by atoms with Crippen LogP contribution in [-0.4, -0.2) is 15.9 Å². The fourth-order valence-electron chi connectivity index (χ4n) is 2.31. The lowest BCUT2D eigenvalue weighted by Gasteiger charge is -2.09. The average Bonchev–Trinajstić information content (AvgIpc) is 2.78. The second kappa shape index (κ2) is 4.94. The Kier molecular flexibility index (Phi) is 3.10. The van der Waals surface area contributed by atoms with Crippen LogP contribution in [-0.2, 0) is 0 Å². The number of carbonyl (C=O) groups is 1. The van der Waals surface area contributed by atoms with Crippen molar-refractivity contribution in [2.45, 2.75) is 13.8 Å². The SMILES string of the molecule is Cc1cccc(C(=O)Nc2cc3[nH]c(=O)[nH]c3cc2C)c1. The Balaban J connectivity index is 1.95. The second-order valence-electron chi connectivity index (χ2n) is 5.12. The Labute approximate surface area is 121 Å². The lowest BCUT2D eigenvalue weighted by Crippen LogP contribution is -2.12. The third kappa shape index (κ3) is 2.58. The Hall–Kier alpha value is -2.82. The number of fused-ring (bicyclic) bond motifs is 1. The molecule has 0 radical (unpaired) electrons. The Morgan fingerprint density at radius 2 is 1.76 bits per heavy atom. The van der Waals surface area contributed by atoms with Gasteiger partial charge in [-0.3, -0.25) is 4.79 Å². The molecule has 21 heavy (non-hydrogen) atoms. The number of benzene rings is 2. The van der Waals surface area contributed by atoms with Gasteiger partial charge in [0.15, 0.2) is 0 Å². The number of aryl methyl sites for hydroxylation is 2. The molecule has 0 saturated carbocycles. The van der Waals surface area contributed by atoms with Crippen LogP contribution in [0, 0.1) is 13.8 Å². The van der Waals surface area contributed by atoms with Crippen molar-refractivity contribution in [1.29, 1.82) is 0 Å². The third-order valence-electron chi connectivity index (χ3n) is 3.39. The number of hydrogen-bond acceptors (Lipinski definition) is 2. The van der Waals surface area contributed by atoms with Gasteiger partial charge in [-0.2, -0.15) is 0 Å². The zero-order valence-electron chi connectivity index (χ0n) is 11.8. The maximum atomic E-state index is 12.3. The van der Waals surface area contributed by atoms with Gasteiger partial charge in [-0.25, -0.2) is 4.79 Å². The molecule has 1 aromatic heterocycles. The number of amides is 1. The predicted molar refractivity (Wildman–Crippen MR) is 82.8 cm³/mol. The van der Waals surface area contributed by atoms with Gasteiger partial charge in [0, 0.05) is 11.3 Å². The van der Waals surface area contributed by atoms with Gasteiger partial charge in [-0.05, 0) is 43.7 Å². The lowest BCUT2D eigenvalue weighted by molar-refractivity contribution is 0.102. The van der Waals surface area contributed by atoms with Crippen LogP contribution in [0.3, 0.4) is 0 Å². The molecule has 5 nitrogen and oxygen atoms in total. The molecule has 0 unspecified atom stereocenters. The van der Waals surface area contributed by atoms with Crippen LogP contribution in [0.4, 0.5) is 5.69 Å². The summed E-state index contributed by atoms with van der Waals surface area (Å²) in [4.78, 5) is 28.9. The molecule has 0 aliphatic rings. The molecule has 5 heteroatoms. The first kappa shape index (κ1) is 13.2. The second-order valence-corrected chi connectivity index (χ2v) is 5.12. The van der Waals surface area contributed by atoms with E-state index in [-0.39, 0.29) is 11.6 Å². The smallest absolute Gasteiger partial charge is 0.322 e. The Morgan fingerprint density at radius 1 is 1.05 bits per heavy atom. The molecule has 0 atom stereocenters. The maximum absolute atomic E-state index is 12.3. The van der Waals surface area contributed by atoms with Crippen LogP contribution in [0.1, 0.15) is 21.5 Å². The summed E-state index contributed by atoms with van der Waals surface area (Å²) in [5.41, 5.74) is 4.35. The largest absolute Gasteiger partial charge is 0.323 e. The van der Waals surface area contributed by atoms with Crippen molar-refractivity contribution in [3.8, 4) is 0 Å². The van der Waals surface area contributed by atoms with E-state index in [1.165, 1.54) is 0 Å². The first-order valence-electron chi connectivity index (χ1n) is 6.63. The summed E-state index contributed by atoms with van der Waals surface area (Å²) in [6.45, 7) is 3.83. The highest BCUT2D eigenvalue weighted by molar-refractivity contribution is 6.05. The Bertz CT molecular complexity index is 890. The fraction of sp³-hybridized carbons (Fsp3) is 0.125. The first-order chi connectivity index (χ1) is 10.0. The molecule has 3 aromatic rings. The molecule has 1 amide bonds. The zero-order chi connectivity index (χ0) is 15.0. The molecule has 0 bridgehead atoms. The number of anilines is 1. The summed E-state index contributed by atoms with van der Waals surface area (Å²) in [6.07, 6.45) is 0. The molecule has 3 N–H and O–H groups in total. The molecule has 2 aromatic carbocycles. The van der Waals surface area contributed by atoms with Gasteiger partial charge in [0.1, 0.15) is 0 Å². The summed E-state index contributed by atoms with van der Waals surface area (Å²) in [6, 6.07) is 11.0. The Morgan fingerprint density at radius 3 is 2.48 bits per heavy atom. The van der Waals surface area contributed by atoms with Crippen LogP contribution >= 0.6 is 0 Å². The molecule has 3 rings (SSSR count). The summed E-state index contributed by atoms with van der Waals surface area (Å²) in [7, 11) is 0. The first-order valence-corrected chi connectivity index (χ1v) is 6.63. The number of nitrogens with one attached hydrogen (secondary N) is 3. The standard InChI is InChI=1S/C16H15N3O2/c1-9-4-3-5-11(6-9)15(20)17-12-8-14-13(7-10(12)2)18-16(21)19-14/h3-8H,1-2H3,(H,17,20)(H2,18,19,21). The van der Waals surface area contributed by atoms with E-state index in [1.807, 2.05) is 38.1 Å². The molecule has 0 spiro atoms. The highest BCUT2D eigenvalue weighted by Crippen LogP contribution is 2.21. The van der Waals surface area contributed by atoms with Crippen LogP contribution in [0.15, 0.2) is 41.2 Å². The predicted octanol–water partition coefficient (Wildman–Crippen LogP) is 2.73. The third-order valence-corrected chi connectivity index (χ3v) is 3.39. The monoisotopic (exact) mass is 281 g/mol. The van der Waals surface area contributed by atoms with E-state index in [0.29, 0.717) is 16.8 Å². The number of aromatic amines is 2. The number of imidazole rings is 1. The van der Waals surface area contributed by atoms with Gasteiger partial charge in [0.05, 0.1) is 11.0 Å². The van der Waals surface area contributed by atoms with Crippen molar-refractivity contribution in [3.63, 3.8) is 0 Å². The molecular weight excluding hydrogens is 266 g/mol. The maximum Gasteiger partial charge on any atom is 0.323 e. The molecule has 1 heterocycles. The van der Waals surface area contributed by atoms with Gasteiger partial charge in [-0.1, -0.05) is 17.7 Å². The van der Waals surface area contributed by atoms with Gasteiger partial charge >= 0.3 is 5.69 Å². The van der Waals surface area contributed by atoms with E-state index in [9.17, 15) is 9.59 Å². The molecule has 106 valence electrons. The number of rotatable bonds is 2. The minimum Gasteiger partial charge on any atom is -0.322 e. The van der Waals surface area contributed by atoms with Crippen molar-refractivity contribution in [3.05, 3.63) is 63.6 Å². The minimum absolute atomic E-state index is 0.168. The van der Waals surface area contributed by atoms with Crippen LogP contribution < -0.4 is 11.0 Å². The van der Waals surface area contributed by atoms with Crippen molar-refractivity contribution in [2.75, 3.05) is 5.32 Å². The zero-order valence-corrected chi connectivity index (χ0v) is 11.8. The average molecular weight is 281 g/mol. The molecule has 0 fully saturated rings. The molecule has 0 aliphatic heterocycles. The summed E-state index contributed by atoms with van der Waals surface area (Å²) in [5, 5.41) is 2.88. The molecule has 0 aliphatic carbocycles. The van der Waals surface area contributed by atoms with Gasteiger partial charge < -0.3 is 15.3 Å². The minimum atomic E-state index is -0.258. The van der Waals surface area contributed by atoms with Crippen molar-refractivity contribution in [1.82, 2.24) is 9.97 Å². The molecular formula is C16H15N3O2. The van der Waals surface area contributed by atoms with Gasteiger partial charge in [0.25, 0.3) is 5.91 Å². The van der Waals surface area contributed by atoms with E-state index in [0.717, 1.165) is 16.6 Å². The van der Waals surface area contributed by atoms with Crippen LogP contribution in [0.5, 0.6) is 0 Å². The molecule has 0 saturated heterocycles. The number of hydrogen-bond donors (Lipinski definition) is 3. The fourth-order valence-corrected chi connectivity index (χ4v) is 2.31. The van der Waals surface area contributed by atoms with Gasteiger partial charge in [0.2, 0.25) is 0 Å². The topological polar surface area (TPSA) is 77.8 Å². The van der Waals surface area contributed by atoms with E-state index in [4.69, 9.17) is 0 Å². The number of aromatic nitrogens is 2. The van der Waals surface area contributed by atoms with E-state index < -0.39 is 0 Å².